The molecule has 7 nitrogen and oxygen atoms in total. The summed E-state index contributed by atoms with van der Waals surface area (Å²) >= 11 is 0. The highest BCUT2D eigenvalue weighted by atomic mass is 16.5. The van der Waals surface area contributed by atoms with Crippen molar-refractivity contribution in [2.24, 2.45) is 0 Å². The van der Waals surface area contributed by atoms with Gasteiger partial charge in [-0.05, 0) is 30.3 Å². The molecule has 7 heteroatoms. The molecule has 0 fully saturated rings. The molecule has 1 aliphatic rings. The van der Waals surface area contributed by atoms with E-state index in [1.807, 2.05) is 42.5 Å². The van der Waals surface area contributed by atoms with Crippen molar-refractivity contribution in [1.29, 1.82) is 0 Å². The van der Waals surface area contributed by atoms with E-state index in [4.69, 9.17) is 10.5 Å². The van der Waals surface area contributed by atoms with Crippen molar-refractivity contribution in [2.75, 3.05) is 11.1 Å². The van der Waals surface area contributed by atoms with Crippen molar-refractivity contribution >= 4 is 28.4 Å². The largest absolute Gasteiger partial charge is 0.454 e. The molecule has 116 valence electrons. The number of benzene rings is 2. The van der Waals surface area contributed by atoms with Crippen molar-refractivity contribution in [3.8, 4) is 22.8 Å². The maximum Gasteiger partial charge on any atom is 0.220 e. The van der Waals surface area contributed by atoms with Crippen LogP contribution in [0.3, 0.4) is 0 Å². The minimum Gasteiger partial charge on any atom is -0.454 e. The molecule has 0 spiro atoms. The Bertz CT molecular complexity index is 1090. The summed E-state index contributed by atoms with van der Waals surface area (Å²) in [6.45, 7) is 0. The second-order valence-electron chi connectivity index (χ2n) is 5.49. The Hall–Kier alpha value is -3.61. The first-order valence-electron chi connectivity index (χ1n) is 7.43. The van der Waals surface area contributed by atoms with Crippen LogP contribution in [0.1, 0.15) is 0 Å². The lowest BCUT2D eigenvalue weighted by Gasteiger charge is -2.09. The predicted octanol–water partition coefficient (Wildman–Crippen LogP) is 3.45. The van der Waals surface area contributed by atoms with Gasteiger partial charge in [0.05, 0.1) is 22.3 Å². The van der Waals surface area contributed by atoms with Gasteiger partial charge in [-0.3, -0.25) is 5.10 Å². The van der Waals surface area contributed by atoms with Gasteiger partial charge in [-0.25, -0.2) is 9.97 Å². The summed E-state index contributed by atoms with van der Waals surface area (Å²) in [6.07, 6.45) is 1.63. The van der Waals surface area contributed by atoms with Crippen LogP contribution in [0.4, 0.5) is 17.5 Å². The first-order valence-corrected chi connectivity index (χ1v) is 7.43. The molecule has 0 aliphatic carbocycles. The zero-order valence-corrected chi connectivity index (χ0v) is 12.4. The number of aromatic amines is 1. The van der Waals surface area contributed by atoms with Crippen molar-refractivity contribution in [2.45, 2.75) is 0 Å². The first-order chi connectivity index (χ1) is 11.8. The van der Waals surface area contributed by atoms with Gasteiger partial charge in [0.25, 0.3) is 0 Å². The van der Waals surface area contributed by atoms with Gasteiger partial charge >= 0.3 is 0 Å². The van der Waals surface area contributed by atoms with Gasteiger partial charge < -0.3 is 15.8 Å². The van der Waals surface area contributed by atoms with E-state index in [1.54, 1.807) is 6.20 Å². The van der Waals surface area contributed by atoms with E-state index < -0.39 is 0 Å². The number of rotatable bonds is 1. The molecular formula is C17H12N6O. The Morgan fingerprint density at radius 3 is 2.88 bits per heavy atom. The molecule has 0 saturated heterocycles. The minimum atomic E-state index is 0.233. The number of ether oxygens (including phenoxy) is 1. The predicted molar refractivity (Wildman–Crippen MR) is 91.3 cm³/mol. The minimum absolute atomic E-state index is 0.233. The Kier molecular flexibility index (Phi) is 2.52. The summed E-state index contributed by atoms with van der Waals surface area (Å²) in [6, 6.07) is 13.5. The van der Waals surface area contributed by atoms with E-state index in [2.05, 4.69) is 25.5 Å². The summed E-state index contributed by atoms with van der Waals surface area (Å²) in [7, 11) is 0. The van der Waals surface area contributed by atoms with Crippen LogP contribution in [-0.4, -0.2) is 20.2 Å². The molecule has 2 aromatic carbocycles. The molecule has 0 unspecified atom stereocenters. The van der Waals surface area contributed by atoms with Crippen LogP contribution in [0.15, 0.2) is 48.7 Å². The third kappa shape index (κ3) is 1.88. The SMILES string of the molecule is Nc1nccc(-c2cc3c4c(n[nH]c4c2)Nc2ccccc2O3)n1. The van der Waals surface area contributed by atoms with E-state index in [0.717, 1.165) is 39.4 Å². The zero-order valence-electron chi connectivity index (χ0n) is 12.4. The van der Waals surface area contributed by atoms with E-state index in [9.17, 15) is 0 Å². The van der Waals surface area contributed by atoms with Crippen LogP contribution in [-0.2, 0) is 0 Å². The fourth-order valence-electron chi connectivity index (χ4n) is 2.88. The van der Waals surface area contributed by atoms with Crippen molar-refractivity contribution in [3.63, 3.8) is 0 Å². The monoisotopic (exact) mass is 316 g/mol. The maximum atomic E-state index is 6.13. The van der Waals surface area contributed by atoms with Gasteiger partial charge in [0, 0.05) is 11.8 Å². The van der Waals surface area contributed by atoms with Crippen LogP contribution >= 0.6 is 0 Å². The molecule has 4 aromatic rings. The Balaban J connectivity index is 1.75. The quantitative estimate of drug-likeness (QED) is 0.438. The summed E-state index contributed by atoms with van der Waals surface area (Å²) in [5.74, 6) is 2.42. The molecule has 4 N–H and O–H groups in total. The normalized spacial score (nSPS) is 12.2. The highest BCUT2D eigenvalue weighted by Gasteiger charge is 2.20. The van der Waals surface area contributed by atoms with Gasteiger partial charge in [0.2, 0.25) is 5.95 Å². The Morgan fingerprint density at radius 2 is 1.96 bits per heavy atom. The fraction of sp³-hybridized carbons (Fsp3) is 0. The average molecular weight is 316 g/mol. The molecule has 0 saturated carbocycles. The van der Waals surface area contributed by atoms with Gasteiger partial charge in [0.15, 0.2) is 11.6 Å². The summed E-state index contributed by atoms with van der Waals surface area (Å²) in [5, 5.41) is 11.6. The summed E-state index contributed by atoms with van der Waals surface area (Å²) in [4.78, 5) is 8.21. The van der Waals surface area contributed by atoms with Gasteiger partial charge in [-0.2, -0.15) is 5.10 Å². The van der Waals surface area contributed by atoms with Crippen LogP contribution in [0.5, 0.6) is 11.5 Å². The van der Waals surface area contributed by atoms with Crippen molar-refractivity contribution in [3.05, 3.63) is 48.7 Å². The highest BCUT2D eigenvalue weighted by molar-refractivity contribution is 6.00. The lowest BCUT2D eigenvalue weighted by atomic mass is 10.1. The molecule has 1 aliphatic heterocycles. The number of nitrogens with zero attached hydrogens (tertiary/aromatic N) is 3. The van der Waals surface area contributed by atoms with Gasteiger partial charge in [0.1, 0.15) is 5.75 Å². The number of para-hydroxylation sites is 2. The lowest BCUT2D eigenvalue weighted by Crippen LogP contribution is -1.95. The van der Waals surface area contributed by atoms with E-state index >= 15 is 0 Å². The van der Waals surface area contributed by atoms with Gasteiger partial charge in [-0.1, -0.05) is 12.1 Å². The van der Waals surface area contributed by atoms with Crippen LogP contribution < -0.4 is 15.8 Å². The van der Waals surface area contributed by atoms with E-state index in [-0.39, 0.29) is 5.95 Å². The Morgan fingerprint density at radius 1 is 1.04 bits per heavy atom. The molecular weight excluding hydrogens is 304 g/mol. The number of nitrogens with one attached hydrogen (secondary N) is 2. The topological polar surface area (TPSA) is 102 Å². The fourth-order valence-corrected chi connectivity index (χ4v) is 2.88. The molecule has 0 atom stereocenters. The maximum absolute atomic E-state index is 6.13. The molecule has 2 aromatic heterocycles. The second-order valence-corrected chi connectivity index (χ2v) is 5.49. The molecule has 24 heavy (non-hydrogen) atoms. The van der Waals surface area contributed by atoms with Crippen LogP contribution in [0, 0.1) is 0 Å². The van der Waals surface area contributed by atoms with Crippen LogP contribution in [0.25, 0.3) is 22.2 Å². The van der Waals surface area contributed by atoms with E-state index in [0.29, 0.717) is 5.75 Å². The van der Waals surface area contributed by atoms with E-state index in [1.165, 1.54) is 0 Å². The standard InChI is InChI=1S/C17H12N6O/c18-17-19-6-5-10(21-17)9-7-12-15-14(8-9)24-13-4-2-1-3-11(13)20-16(15)23-22-12/h1-8H,(H2,18,19,21)(H2,20,22,23). The summed E-state index contributed by atoms with van der Waals surface area (Å²) < 4.78 is 6.13. The molecule has 5 rings (SSSR count). The lowest BCUT2D eigenvalue weighted by molar-refractivity contribution is 0.492. The first kappa shape index (κ1) is 12.9. The molecule has 3 heterocycles. The number of hydrogen-bond acceptors (Lipinski definition) is 6. The van der Waals surface area contributed by atoms with Gasteiger partial charge in [-0.15, -0.1) is 0 Å². The van der Waals surface area contributed by atoms with Crippen molar-refractivity contribution < 1.29 is 4.74 Å². The number of nitrogens with two attached hydrogens (primary N) is 1. The number of fused-ring (bicyclic) bond motifs is 1. The molecule has 0 bridgehead atoms. The smallest absolute Gasteiger partial charge is 0.220 e. The van der Waals surface area contributed by atoms with Crippen LogP contribution in [0.2, 0.25) is 0 Å². The molecule has 0 amide bonds. The number of aromatic nitrogens is 4. The zero-order chi connectivity index (χ0) is 16.1. The van der Waals surface area contributed by atoms with Crippen molar-refractivity contribution in [1.82, 2.24) is 20.2 Å². The number of hydrogen-bond donors (Lipinski definition) is 3. The molecule has 0 radical (unpaired) electrons. The number of H-pyrrole nitrogens is 1. The Labute approximate surface area is 136 Å². The number of nitrogen functional groups attached to an aromatic ring is 1. The third-order valence-electron chi connectivity index (χ3n) is 3.96. The average Bonchev–Trinajstić information content (AvgIpc) is 2.91. The third-order valence-corrected chi connectivity index (χ3v) is 3.96. The summed E-state index contributed by atoms with van der Waals surface area (Å²) in [5.41, 5.74) is 9.03. The second kappa shape index (κ2) is 4.69. The number of anilines is 3. The highest BCUT2D eigenvalue weighted by Crippen LogP contribution is 2.43.